The van der Waals surface area contributed by atoms with E-state index in [1.54, 1.807) is 12.4 Å². The molecule has 0 radical (unpaired) electrons. The molecule has 0 aliphatic carbocycles. The predicted octanol–water partition coefficient (Wildman–Crippen LogP) is 4.39. The second kappa shape index (κ2) is 6.13. The van der Waals surface area contributed by atoms with Gasteiger partial charge in [-0.25, -0.2) is 9.97 Å². The quantitative estimate of drug-likeness (QED) is 0.764. The summed E-state index contributed by atoms with van der Waals surface area (Å²) in [6, 6.07) is 8.49. The molecule has 4 heteroatoms. The van der Waals surface area contributed by atoms with Gasteiger partial charge in [0.1, 0.15) is 5.75 Å². The highest BCUT2D eigenvalue weighted by Gasteiger charge is 2.04. The normalized spacial score (nSPS) is 12.2. The van der Waals surface area contributed by atoms with Gasteiger partial charge in [-0.1, -0.05) is 26.0 Å². The molecule has 2 rings (SSSR count). The summed E-state index contributed by atoms with van der Waals surface area (Å²) in [6.45, 7) is 4.41. The topological polar surface area (TPSA) is 35.0 Å². The van der Waals surface area contributed by atoms with Gasteiger partial charge in [-0.2, -0.15) is 0 Å². The Morgan fingerprint density at radius 2 is 1.78 bits per heavy atom. The Hall–Kier alpha value is -1.17. The van der Waals surface area contributed by atoms with E-state index in [-0.39, 0.29) is 0 Å². The van der Waals surface area contributed by atoms with Gasteiger partial charge in [0.25, 0.3) is 0 Å². The van der Waals surface area contributed by atoms with Gasteiger partial charge >= 0.3 is 6.01 Å². The number of halogens is 1. The third kappa shape index (κ3) is 3.41. The molecule has 0 fully saturated rings. The van der Waals surface area contributed by atoms with E-state index in [0.29, 0.717) is 11.9 Å². The Balaban J connectivity index is 2.08. The van der Waals surface area contributed by atoms with Gasteiger partial charge in [0.15, 0.2) is 0 Å². The first-order valence-corrected chi connectivity index (χ1v) is 7.02. The van der Waals surface area contributed by atoms with Crippen LogP contribution in [0.5, 0.6) is 11.8 Å². The van der Waals surface area contributed by atoms with Gasteiger partial charge in [-0.15, -0.1) is 0 Å². The lowest BCUT2D eigenvalue weighted by molar-refractivity contribution is 0.441. The number of benzene rings is 1. The molecular formula is C14H15IN2O. The number of ether oxygens (including phenoxy) is 1. The minimum atomic E-state index is 0.381. The number of rotatable bonds is 4. The number of hydrogen-bond donors (Lipinski definition) is 0. The third-order valence-corrected chi connectivity index (χ3v) is 3.42. The van der Waals surface area contributed by atoms with E-state index in [2.05, 4.69) is 58.5 Å². The Morgan fingerprint density at radius 1 is 1.17 bits per heavy atom. The summed E-state index contributed by atoms with van der Waals surface area (Å²) in [4.78, 5) is 8.21. The zero-order valence-corrected chi connectivity index (χ0v) is 12.6. The van der Waals surface area contributed by atoms with Gasteiger partial charge in [-0.05, 0) is 52.6 Å². The minimum absolute atomic E-state index is 0.381. The Kier molecular flexibility index (Phi) is 4.52. The molecule has 1 aromatic carbocycles. The first-order valence-electron chi connectivity index (χ1n) is 5.94. The van der Waals surface area contributed by atoms with Crippen LogP contribution in [-0.4, -0.2) is 9.97 Å². The average molecular weight is 354 g/mol. The fraction of sp³-hybridized carbons (Fsp3) is 0.286. The van der Waals surface area contributed by atoms with Crippen LogP contribution in [0, 0.1) is 3.57 Å². The van der Waals surface area contributed by atoms with E-state index in [0.717, 1.165) is 15.7 Å². The zero-order valence-electron chi connectivity index (χ0n) is 10.4. The Labute approximate surface area is 121 Å². The van der Waals surface area contributed by atoms with E-state index in [1.165, 1.54) is 5.56 Å². The lowest BCUT2D eigenvalue weighted by atomic mass is 9.99. The number of hydrogen-bond acceptors (Lipinski definition) is 3. The third-order valence-electron chi connectivity index (χ3n) is 2.87. The van der Waals surface area contributed by atoms with E-state index in [4.69, 9.17) is 4.74 Å². The van der Waals surface area contributed by atoms with Crippen molar-refractivity contribution < 1.29 is 4.74 Å². The molecule has 0 aliphatic heterocycles. The molecule has 18 heavy (non-hydrogen) atoms. The van der Waals surface area contributed by atoms with Crippen LogP contribution in [-0.2, 0) is 0 Å². The van der Waals surface area contributed by atoms with E-state index in [1.807, 2.05) is 12.1 Å². The van der Waals surface area contributed by atoms with Gasteiger partial charge in [0, 0.05) is 16.0 Å². The summed E-state index contributed by atoms with van der Waals surface area (Å²) in [5.74, 6) is 1.34. The van der Waals surface area contributed by atoms with Crippen LogP contribution < -0.4 is 4.74 Å². The standard InChI is InChI=1S/C14H15IN2O/c1-3-10(2)11-4-6-13(7-5-11)18-14-16-8-12(15)9-17-14/h4-10H,3H2,1-2H3. The second-order valence-corrected chi connectivity index (χ2v) is 5.41. The Bertz CT molecular complexity index is 496. The molecule has 0 N–H and O–H groups in total. The highest BCUT2D eigenvalue weighted by Crippen LogP contribution is 2.23. The summed E-state index contributed by atoms with van der Waals surface area (Å²) in [5.41, 5.74) is 1.33. The molecule has 1 atom stereocenters. The van der Waals surface area contributed by atoms with Crippen LogP contribution in [0.4, 0.5) is 0 Å². The second-order valence-electron chi connectivity index (χ2n) is 4.16. The van der Waals surface area contributed by atoms with Crippen molar-refractivity contribution in [1.29, 1.82) is 0 Å². The van der Waals surface area contributed by atoms with Gasteiger partial charge in [-0.3, -0.25) is 0 Å². The maximum Gasteiger partial charge on any atom is 0.321 e. The molecular weight excluding hydrogens is 339 g/mol. The highest BCUT2D eigenvalue weighted by atomic mass is 127. The van der Waals surface area contributed by atoms with E-state index < -0.39 is 0 Å². The average Bonchev–Trinajstić information content (AvgIpc) is 2.41. The van der Waals surface area contributed by atoms with Gasteiger partial charge < -0.3 is 4.74 Å². The van der Waals surface area contributed by atoms with Crippen molar-refractivity contribution in [2.24, 2.45) is 0 Å². The van der Waals surface area contributed by atoms with Crippen LogP contribution in [0.1, 0.15) is 31.7 Å². The van der Waals surface area contributed by atoms with Gasteiger partial charge in [0.05, 0.1) is 0 Å². The van der Waals surface area contributed by atoms with Crippen molar-refractivity contribution >= 4 is 22.6 Å². The van der Waals surface area contributed by atoms with Crippen molar-refractivity contribution in [3.05, 3.63) is 45.8 Å². The summed E-state index contributed by atoms with van der Waals surface area (Å²) >= 11 is 2.16. The lowest BCUT2D eigenvalue weighted by Gasteiger charge is -2.09. The molecule has 0 saturated heterocycles. The number of aromatic nitrogens is 2. The maximum absolute atomic E-state index is 5.58. The minimum Gasteiger partial charge on any atom is -0.424 e. The summed E-state index contributed by atoms with van der Waals surface area (Å²) in [5, 5.41) is 0. The lowest BCUT2D eigenvalue weighted by Crippen LogP contribution is -1.93. The largest absolute Gasteiger partial charge is 0.424 e. The Morgan fingerprint density at radius 3 is 2.33 bits per heavy atom. The van der Waals surface area contributed by atoms with Crippen LogP contribution in [0.3, 0.4) is 0 Å². The molecule has 0 bridgehead atoms. The molecule has 1 heterocycles. The van der Waals surface area contributed by atoms with Crippen LogP contribution in [0.15, 0.2) is 36.7 Å². The number of nitrogens with zero attached hydrogens (tertiary/aromatic N) is 2. The first kappa shape index (κ1) is 13.3. The summed E-state index contributed by atoms with van der Waals surface area (Å²) < 4.78 is 6.57. The van der Waals surface area contributed by atoms with Crippen molar-refractivity contribution in [3.63, 3.8) is 0 Å². The maximum atomic E-state index is 5.58. The van der Waals surface area contributed by atoms with Crippen molar-refractivity contribution in [2.45, 2.75) is 26.2 Å². The fourth-order valence-electron chi connectivity index (χ4n) is 1.56. The van der Waals surface area contributed by atoms with Crippen LogP contribution in [0.2, 0.25) is 0 Å². The molecule has 0 saturated carbocycles. The van der Waals surface area contributed by atoms with Crippen molar-refractivity contribution in [3.8, 4) is 11.8 Å². The molecule has 0 amide bonds. The molecule has 1 aromatic heterocycles. The van der Waals surface area contributed by atoms with E-state index in [9.17, 15) is 0 Å². The van der Waals surface area contributed by atoms with Crippen molar-refractivity contribution in [2.75, 3.05) is 0 Å². The molecule has 1 unspecified atom stereocenters. The summed E-state index contributed by atoms with van der Waals surface area (Å²) in [6.07, 6.45) is 4.60. The summed E-state index contributed by atoms with van der Waals surface area (Å²) in [7, 11) is 0. The highest BCUT2D eigenvalue weighted by molar-refractivity contribution is 14.1. The molecule has 0 spiro atoms. The molecule has 2 aromatic rings. The van der Waals surface area contributed by atoms with Gasteiger partial charge in [0.2, 0.25) is 0 Å². The molecule has 0 aliphatic rings. The molecule has 94 valence electrons. The first-order chi connectivity index (χ1) is 8.69. The fourth-order valence-corrected chi connectivity index (χ4v) is 1.84. The van der Waals surface area contributed by atoms with Crippen LogP contribution >= 0.6 is 22.6 Å². The smallest absolute Gasteiger partial charge is 0.321 e. The zero-order chi connectivity index (χ0) is 13.0. The van der Waals surface area contributed by atoms with Crippen LogP contribution in [0.25, 0.3) is 0 Å². The van der Waals surface area contributed by atoms with Crippen molar-refractivity contribution in [1.82, 2.24) is 9.97 Å². The predicted molar refractivity (Wildman–Crippen MR) is 80.0 cm³/mol. The monoisotopic (exact) mass is 354 g/mol. The van der Waals surface area contributed by atoms with E-state index >= 15 is 0 Å². The SMILES string of the molecule is CCC(C)c1ccc(Oc2ncc(I)cn2)cc1. The molecule has 3 nitrogen and oxygen atoms in total.